The molecule has 1 unspecified atom stereocenters. The Morgan fingerprint density at radius 2 is 1.67 bits per heavy atom. The van der Waals surface area contributed by atoms with Crippen molar-refractivity contribution in [1.29, 1.82) is 0 Å². The van der Waals surface area contributed by atoms with Crippen LogP contribution in [0.15, 0.2) is 24.3 Å². The molecule has 100 valence electrons. The summed E-state index contributed by atoms with van der Waals surface area (Å²) >= 11 is 0. The Kier molecular flexibility index (Phi) is 3.24. The van der Waals surface area contributed by atoms with Crippen LogP contribution in [0.1, 0.15) is 39.4 Å². The number of aliphatic hydroxyl groups excluding tert-OH is 1. The molecule has 1 aromatic rings. The molecule has 0 saturated heterocycles. The number of hydrogen-bond acceptors (Lipinski definition) is 2. The zero-order chi connectivity index (χ0) is 13.6. The second kappa shape index (κ2) is 4.32. The second-order valence-corrected chi connectivity index (χ2v) is 6.35. The van der Waals surface area contributed by atoms with Crippen molar-refractivity contribution in [2.24, 2.45) is 10.8 Å². The van der Waals surface area contributed by atoms with Crippen LogP contribution in [0.2, 0.25) is 0 Å². The maximum atomic E-state index is 12.8. The van der Waals surface area contributed by atoms with Crippen LogP contribution in [0.4, 0.5) is 4.39 Å². The highest BCUT2D eigenvalue weighted by molar-refractivity contribution is 5.21. The van der Waals surface area contributed by atoms with Crippen LogP contribution >= 0.6 is 0 Å². The van der Waals surface area contributed by atoms with Gasteiger partial charge in [0, 0.05) is 12.6 Å². The van der Waals surface area contributed by atoms with Crippen molar-refractivity contribution >= 4 is 0 Å². The second-order valence-electron chi connectivity index (χ2n) is 6.35. The van der Waals surface area contributed by atoms with Crippen molar-refractivity contribution < 1.29 is 9.50 Å². The van der Waals surface area contributed by atoms with E-state index in [1.807, 2.05) is 0 Å². The number of benzene rings is 1. The van der Waals surface area contributed by atoms with Crippen LogP contribution in [0, 0.1) is 16.6 Å². The van der Waals surface area contributed by atoms with Crippen LogP contribution in [0.5, 0.6) is 0 Å². The molecular weight excluding hydrogens is 229 g/mol. The Hall–Kier alpha value is -0.930. The minimum Gasteiger partial charge on any atom is -0.387 e. The van der Waals surface area contributed by atoms with E-state index in [1.165, 1.54) is 12.1 Å². The molecule has 0 aromatic heterocycles. The lowest BCUT2D eigenvalue weighted by molar-refractivity contribution is 0.172. The fourth-order valence-electron chi connectivity index (χ4n) is 2.74. The van der Waals surface area contributed by atoms with Gasteiger partial charge in [0.1, 0.15) is 5.82 Å². The van der Waals surface area contributed by atoms with Crippen molar-refractivity contribution in [3.05, 3.63) is 35.6 Å². The summed E-state index contributed by atoms with van der Waals surface area (Å²) in [7, 11) is 0. The minimum atomic E-state index is -0.585. The topological polar surface area (TPSA) is 32.3 Å². The first kappa shape index (κ1) is 13.5. The van der Waals surface area contributed by atoms with Gasteiger partial charge in [-0.1, -0.05) is 39.8 Å². The Morgan fingerprint density at radius 1 is 1.17 bits per heavy atom. The third-order valence-electron chi connectivity index (χ3n) is 4.79. The summed E-state index contributed by atoms with van der Waals surface area (Å²) < 4.78 is 12.8. The molecule has 1 saturated carbocycles. The molecule has 0 aliphatic heterocycles. The molecule has 1 fully saturated rings. The maximum Gasteiger partial charge on any atom is 0.123 e. The third-order valence-corrected chi connectivity index (χ3v) is 4.79. The summed E-state index contributed by atoms with van der Waals surface area (Å²) in [6.07, 6.45) is -0.585. The number of hydrogen-bond donors (Lipinski definition) is 2. The van der Waals surface area contributed by atoms with E-state index in [2.05, 4.69) is 33.0 Å². The molecule has 2 nitrogen and oxygen atoms in total. The van der Waals surface area contributed by atoms with E-state index in [-0.39, 0.29) is 16.6 Å². The van der Waals surface area contributed by atoms with Crippen molar-refractivity contribution in [1.82, 2.24) is 5.32 Å². The van der Waals surface area contributed by atoms with Crippen LogP contribution in [0.3, 0.4) is 0 Å². The molecule has 0 radical (unpaired) electrons. The van der Waals surface area contributed by atoms with E-state index < -0.39 is 6.10 Å². The van der Waals surface area contributed by atoms with Gasteiger partial charge in [-0.05, 0) is 28.5 Å². The molecule has 0 heterocycles. The van der Waals surface area contributed by atoms with Crippen LogP contribution < -0.4 is 5.32 Å². The van der Waals surface area contributed by atoms with E-state index in [4.69, 9.17) is 0 Å². The largest absolute Gasteiger partial charge is 0.387 e. The van der Waals surface area contributed by atoms with Gasteiger partial charge in [0.25, 0.3) is 0 Å². The fraction of sp³-hybridized carbons (Fsp3) is 0.600. The van der Waals surface area contributed by atoms with Crippen LogP contribution in [-0.2, 0) is 0 Å². The summed E-state index contributed by atoms with van der Waals surface area (Å²) in [5.74, 6) is -0.275. The lowest BCUT2D eigenvalue weighted by atomic mass is 10.0. The molecule has 2 N–H and O–H groups in total. The van der Waals surface area contributed by atoms with Gasteiger partial charge in [-0.25, -0.2) is 4.39 Å². The summed E-state index contributed by atoms with van der Waals surface area (Å²) in [6.45, 7) is 9.43. The lowest BCUT2D eigenvalue weighted by Crippen LogP contribution is -2.27. The third kappa shape index (κ3) is 2.17. The lowest BCUT2D eigenvalue weighted by Gasteiger charge is -2.13. The Morgan fingerprint density at radius 3 is 2.11 bits per heavy atom. The zero-order valence-corrected chi connectivity index (χ0v) is 11.5. The summed E-state index contributed by atoms with van der Waals surface area (Å²) in [5, 5.41) is 13.4. The van der Waals surface area contributed by atoms with Gasteiger partial charge in [-0.15, -0.1) is 0 Å². The summed E-state index contributed by atoms with van der Waals surface area (Å²) in [6, 6.07) is 6.43. The molecule has 0 bridgehead atoms. The molecule has 18 heavy (non-hydrogen) atoms. The van der Waals surface area contributed by atoms with Crippen molar-refractivity contribution in [2.75, 3.05) is 6.54 Å². The van der Waals surface area contributed by atoms with E-state index in [9.17, 15) is 9.50 Å². The maximum absolute atomic E-state index is 12.8. The molecule has 1 atom stereocenters. The molecule has 0 amide bonds. The van der Waals surface area contributed by atoms with E-state index in [1.54, 1.807) is 12.1 Å². The first-order chi connectivity index (χ1) is 8.26. The van der Waals surface area contributed by atoms with Gasteiger partial charge in [0.05, 0.1) is 6.10 Å². The van der Waals surface area contributed by atoms with Crippen LogP contribution in [-0.4, -0.2) is 17.7 Å². The highest BCUT2D eigenvalue weighted by Crippen LogP contribution is 2.62. The first-order valence-corrected chi connectivity index (χ1v) is 6.44. The Labute approximate surface area is 108 Å². The summed E-state index contributed by atoms with van der Waals surface area (Å²) in [4.78, 5) is 0. The molecule has 1 aliphatic rings. The minimum absolute atomic E-state index is 0.259. The molecule has 1 aromatic carbocycles. The monoisotopic (exact) mass is 251 g/mol. The van der Waals surface area contributed by atoms with Crippen molar-refractivity contribution in [2.45, 2.75) is 39.8 Å². The van der Waals surface area contributed by atoms with Crippen molar-refractivity contribution in [3.8, 4) is 0 Å². The molecule has 2 rings (SSSR count). The predicted octanol–water partition coefficient (Wildman–Crippen LogP) is 2.88. The van der Waals surface area contributed by atoms with Gasteiger partial charge in [-0.3, -0.25) is 0 Å². The smallest absolute Gasteiger partial charge is 0.123 e. The number of aliphatic hydroxyl groups is 1. The zero-order valence-electron chi connectivity index (χ0n) is 11.5. The van der Waals surface area contributed by atoms with Gasteiger partial charge in [0.15, 0.2) is 0 Å². The highest BCUT2D eigenvalue weighted by Gasteiger charge is 2.64. The molecule has 3 heteroatoms. The average molecular weight is 251 g/mol. The quantitative estimate of drug-likeness (QED) is 0.862. The van der Waals surface area contributed by atoms with E-state index in [0.29, 0.717) is 12.6 Å². The standard InChI is InChI=1S/C15H22FNO/c1-14(2)13(15(14,3)4)17-9-12(18)10-5-7-11(16)8-6-10/h5-8,12-13,17-18H,9H2,1-4H3. The fourth-order valence-corrected chi connectivity index (χ4v) is 2.74. The van der Waals surface area contributed by atoms with Gasteiger partial charge in [0.2, 0.25) is 0 Å². The van der Waals surface area contributed by atoms with E-state index >= 15 is 0 Å². The predicted molar refractivity (Wildman–Crippen MR) is 70.7 cm³/mol. The van der Waals surface area contributed by atoms with Crippen LogP contribution in [0.25, 0.3) is 0 Å². The summed E-state index contributed by atoms with van der Waals surface area (Å²) in [5.41, 5.74) is 1.27. The molecule has 0 spiro atoms. The molecular formula is C15H22FNO. The van der Waals surface area contributed by atoms with E-state index in [0.717, 1.165) is 5.56 Å². The van der Waals surface area contributed by atoms with Crippen molar-refractivity contribution in [3.63, 3.8) is 0 Å². The number of nitrogens with one attached hydrogen (secondary N) is 1. The van der Waals surface area contributed by atoms with Gasteiger partial charge >= 0.3 is 0 Å². The normalized spacial score (nSPS) is 22.8. The average Bonchev–Trinajstić information content (AvgIpc) is 2.67. The molecule has 1 aliphatic carbocycles. The SMILES string of the molecule is CC1(C)C(NCC(O)c2ccc(F)cc2)C1(C)C. The number of rotatable bonds is 4. The van der Waals surface area contributed by atoms with Gasteiger partial charge in [-0.2, -0.15) is 0 Å². The highest BCUT2D eigenvalue weighted by atomic mass is 19.1. The Balaban J connectivity index is 1.90. The number of halogens is 1. The Bertz CT molecular complexity index is 411. The first-order valence-electron chi connectivity index (χ1n) is 6.44. The van der Waals surface area contributed by atoms with Gasteiger partial charge < -0.3 is 10.4 Å².